The van der Waals surface area contributed by atoms with Crippen molar-refractivity contribution >= 4 is 27.5 Å². The smallest absolute Gasteiger partial charge is 0.264 e. The van der Waals surface area contributed by atoms with E-state index in [1.807, 2.05) is 58.0 Å². The number of anilines is 1. The number of amides is 2. The largest absolute Gasteiger partial charge is 0.357 e. The second-order valence-corrected chi connectivity index (χ2v) is 11.0. The van der Waals surface area contributed by atoms with Gasteiger partial charge in [0, 0.05) is 13.6 Å². The van der Waals surface area contributed by atoms with Crippen LogP contribution in [0.15, 0.2) is 77.7 Å². The Hall–Kier alpha value is -3.65. The topological polar surface area (TPSA) is 86.8 Å². The van der Waals surface area contributed by atoms with E-state index >= 15 is 0 Å². The van der Waals surface area contributed by atoms with Gasteiger partial charge >= 0.3 is 0 Å². The van der Waals surface area contributed by atoms with Crippen molar-refractivity contribution in [2.45, 2.75) is 51.6 Å². The third-order valence-electron chi connectivity index (χ3n) is 6.52. The highest BCUT2D eigenvalue weighted by Gasteiger charge is 2.34. The summed E-state index contributed by atoms with van der Waals surface area (Å²) in [5, 5.41) is 2.64. The van der Waals surface area contributed by atoms with Crippen molar-refractivity contribution in [3.8, 4) is 0 Å². The van der Waals surface area contributed by atoms with Gasteiger partial charge in [-0.3, -0.25) is 13.9 Å². The second-order valence-electron chi connectivity index (χ2n) is 9.09. The van der Waals surface area contributed by atoms with Crippen LogP contribution in [0.25, 0.3) is 0 Å². The molecule has 1 N–H and O–H groups in total. The molecule has 0 saturated carbocycles. The Balaban J connectivity index is 2.10. The molecule has 1 unspecified atom stereocenters. The molecule has 0 fully saturated rings. The Bertz CT molecular complexity index is 1360. The first kappa shape index (κ1) is 27.9. The Morgan fingerprint density at radius 1 is 0.919 bits per heavy atom. The second kappa shape index (κ2) is 12.1. The van der Waals surface area contributed by atoms with Gasteiger partial charge in [0.25, 0.3) is 10.0 Å². The number of likely N-dealkylation sites (N-methyl/N-ethyl adjacent to an activating group) is 1. The quantitative estimate of drug-likeness (QED) is 0.430. The zero-order valence-electron chi connectivity index (χ0n) is 22.1. The lowest BCUT2D eigenvalue weighted by Crippen LogP contribution is -2.51. The maximum absolute atomic E-state index is 14.0. The molecule has 0 spiro atoms. The minimum absolute atomic E-state index is 0.0901. The summed E-state index contributed by atoms with van der Waals surface area (Å²) in [6, 6.07) is 20.4. The molecule has 0 bridgehead atoms. The predicted molar refractivity (Wildman–Crippen MR) is 147 cm³/mol. The van der Waals surface area contributed by atoms with Gasteiger partial charge in [0.05, 0.1) is 10.6 Å². The fourth-order valence-corrected chi connectivity index (χ4v) is 5.82. The Morgan fingerprint density at radius 3 is 2.22 bits per heavy atom. The maximum atomic E-state index is 14.0. The van der Waals surface area contributed by atoms with E-state index in [-0.39, 0.29) is 17.3 Å². The molecule has 7 nitrogen and oxygen atoms in total. The van der Waals surface area contributed by atoms with Crippen LogP contribution in [0.2, 0.25) is 0 Å². The van der Waals surface area contributed by atoms with Gasteiger partial charge in [-0.05, 0) is 62.1 Å². The van der Waals surface area contributed by atoms with Crippen molar-refractivity contribution in [2.75, 3.05) is 17.9 Å². The first-order valence-electron chi connectivity index (χ1n) is 12.3. The van der Waals surface area contributed by atoms with E-state index < -0.39 is 28.5 Å². The number of benzene rings is 3. The third-order valence-corrected chi connectivity index (χ3v) is 8.30. The molecule has 1 atom stereocenters. The van der Waals surface area contributed by atoms with Crippen molar-refractivity contribution in [2.24, 2.45) is 0 Å². The summed E-state index contributed by atoms with van der Waals surface area (Å²) in [7, 11) is -2.54. The number of sulfonamides is 1. The number of rotatable bonds is 10. The normalized spacial score (nSPS) is 12.0. The summed E-state index contributed by atoms with van der Waals surface area (Å²) in [5.74, 6) is -0.759. The lowest BCUT2D eigenvalue weighted by atomic mass is 10.1. The van der Waals surface area contributed by atoms with Gasteiger partial charge < -0.3 is 10.2 Å². The lowest BCUT2D eigenvalue weighted by molar-refractivity contribution is -0.140. The summed E-state index contributed by atoms with van der Waals surface area (Å²) in [6.45, 7) is 7.27. The Labute approximate surface area is 220 Å². The molecular weight excluding hydrogens is 486 g/mol. The van der Waals surface area contributed by atoms with Gasteiger partial charge in [0.1, 0.15) is 12.6 Å². The number of nitrogens with one attached hydrogen (secondary N) is 1. The first-order chi connectivity index (χ1) is 17.6. The lowest BCUT2D eigenvalue weighted by Gasteiger charge is -2.33. The van der Waals surface area contributed by atoms with Crippen LogP contribution in [0.1, 0.15) is 35.6 Å². The van der Waals surface area contributed by atoms with Crippen molar-refractivity contribution in [1.82, 2.24) is 10.2 Å². The molecule has 3 aromatic carbocycles. The van der Waals surface area contributed by atoms with Gasteiger partial charge in [-0.25, -0.2) is 8.42 Å². The average molecular weight is 522 g/mol. The SMILES string of the molecule is CCC(C(=O)NC)N(Cc1cccc(C)c1)C(=O)CN(c1cccc(C)c1C)S(=O)(=O)c1ccccc1. The van der Waals surface area contributed by atoms with E-state index in [0.29, 0.717) is 12.1 Å². The number of carbonyl (C=O) groups excluding carboxylic acids is 2. The fraction of sp³-hybridized carbons (Fsp3) is 0.310. The summed E-state index contributed by atoms with van der Waals surface area (Å²) in [6.07, 6.45) is 0.381. The van der Waals surface area contributed by atoms with Crippen LogP contribution >= 0.6 is 0 Å². The van der Waals surface area contributed by atoms with Crippen LogP contribution < -0.4 is 9.62 Å². The highest BCUT2D eigenvalue weighted by molar-refractivity contribution is 7.92. The molecule has 0 radical (unpaired) electrons. The van der Waals surface area contributed by atoms with Gasteiger partial charge in [-0.15, -0.1) is 0 Å². The standard InChI is InChI=1S/C29H35N3O4S/c1-6-26(29(34)30-5)31(19-24-14-10-12-21(2)18-24)28(33)20-32(27-17-11-13-22(3)23(27)4)37(35,36)25-15-8-7-9-16-25/h7-18,26H,6,19-20H2,1-5H3,(H,30,34). The molecule has 0 aromatic heterocycles. The molecule has 3 aromatic rings. The maximum Gasteiger partial charge on any atom is 0.264 e. The summed E-state index contributed by atoms with van der Waals surface area (Å²) in [4.78, 5) is 28.3. The Morgan fingerprint density at radius 2 is 1.59 bits per heavy atom. The highest BCUT2D eigenvalue weighted by Crippen LogP contribution is 2.29. The van der Waals surface area contributed by atoms with Crippen LogP contribution in [0.5, 0.6) is 0 Å². The van der Waals surface area contributed by atoms with E-state index in [2.05, 4.69) is 5.32 Å². The van der Waals surface area contributed by atoms with Crippen LogP contribution in [-0.4, -0.2) is 44.8 Å². The number of hydrogen-bond donors (Lipinski definition) is 1. The molecule has 37 heavy (non-hydrogen) atoms. The minimum atomic E-state index is -4.07. The van der Waals surface area contributed by atoms with Gasteiger partial charge in [-0.2, -0.15) is 0 Å². The molecule has 0 aliphatic carbocycles. The molecule has 0 aliphatic heterocycles. The average Bonchev–Trinajstić information content (AvgIpc) is 2.89. The predicted octanol–water partition coefficient (Wildman–Crippen LogP) is 4.36. The number of aryl methyl sites for hydroxylation is 2. The van der Waals surface area contributed by atoms with E-state index in [9.17, 15) is 18.0 Å². The van der Waals surface area contributed by atoms with Crippen LogP contribution in [0, 0.1) is 20.8 Å². The van der Waals surface area contributed by atoms with Crippen molar-refractivity contribution < 1.29 is 18.0 Å². The zero-order chi connectivity index (χ0) is 27.2. The van der Waals surface area contributed by atoms with Crippen LogP contribution in [0.4, 0.5) is 5.69 Å². The summed E-state index contributed by atoms with van der Waals surface area (Å²) < 4.78 is 28.9. The molecule has 0 aliphatic rings. The van der Waals surface area contributed by atoms with Crippen molar-refractivity contribution in [3.63, 3.8) is 0 Å². The van der Waals surface area contributed by atoms with Crippen molar-refractivity contribution in [1.29, 1.82) is 0 Å². The van der Waals surface area contributed by atoms with E-state index in [0.717, 1.165) is 26.6 Å². The number of hydrogen-bond acceptors (Lipinski definition) is 4. The molecular formula is C29H35N3O4S. The molecule has 8 heteroatoms. The monoisotopic (exact) mass is 521 g/mol. The van der Waals surface area contributed by atoms with Gasteiger partial charge in [-0.1, -0.05) is 67.1 Å². The number of nitrogens with zero attached hydrogens (tertiary/aromatic N) is 2. The zero-order valence-corrected chi connectivity index (χ0v) is 22.9. The van der Waals surface area contributed by atoms with Crippen LogP contribution in [-0.2, 0) is 26.2 Å². The highest BCUT2D eigenvalue weighted by atomic mass is 32.2. The number of carbonyl (C=O) groups is 2. The summed E-state index contributed by atoms with van der Waals surface area (Å²) >= 11 is 0. The molecule has 0 saturated heterocycles. The van der Waals surface area contributed by atoms with E-state index in [1.165, 1.54) is 24.1 Å². The van der Waals surface area contributed by atoms with Gasteiger partial charge in [0.15, 0.2) is 0 Å². The molecule has 2 amide bonds. The van der Waals surface area contributed by atoms with Gasteiger partial charge in [0.2, 0.25) is 11.8 Å². The molecule has 3 rings (SSSR count). The molecule has 196 valence electrons. The van der Waals surface area contributed by atoms with Crippen molar-refractivity contribution in [3.05, 3.63) is 95.1 Å². The minimum Gasteiger partial charge on any atom is -0.357 e. The summed E-state index contributed by atoms with van der Waals surface area (Å²) in [5.41, 5.74) is 3.99. The third kappa shape index (κ3) is 6.38. The van der Waals surface area contributed by atoms with E-state index in [1.54, 1.807) is 30.3 Å². The fourth-order valence-electron chi connectivity index (χ4n) is 4.33. The van der Waals surface area contributed by atoms with E-state index in [4.69, 9.17) is 0 Å². The Kier molecular flexibility index (Phi) is 9.10. The molecule has 0 heterocycles. The van der Waals surface area contributed by atoms with Crippen LogP contribution in [0.3, 0.4) is 0 Å². The first-order valence-corrected chi connectivity index (χ1v) is 13.7.